The van der Waals surface area contributed by atoms with Gasteiger partial charge in [-0.15, -0.1) is 6.58 Å². The third-order valence-electron chi connectivity index (χ3n) is 8.07. The summed E-state index contributed by atoms with van der Waals surface area (Å²) in [5.74, 6) is -2.68. The Morgan fingerprint density at radius 2 is 1.77 bits per heavy atom. The molecular weight excluding hydrogens is 561 g/mol. The second-order valence-corrected chi connectivity index (χ2v) is 15.0. The van der Waals surface area contributed by atoms with Gasteiger partial charge in [0.2, 0.25) is 10.0 Å². The summed E-state index contributed by atoms with van der Waals surface area (Å²) in [4.78, 5) is -0.454. The lowest BCUT2D eigenvalue weighted by molar-refractivity contribution is -0.137. The quantitative estimate of drug-likeness (QED) is 0.302. The monoisotopic (exact) mass is 591 g/mol. The molecule has 0 radical (unpaired) electrons. The maximum atomic E-state index is 15.3. The van der Waals surface area contributed by atoms with E-state index in [1.165, 1.54) is 10.4 Å². The van der Waals surface area contributed by atoms with Crippen molar-refractivity contribution in [2.75, 3.05) is 6.54 Å². The number of nitrogens with zero attached hydrogens (tertiary/aromatic N) is 1. The van der Waals surface area contributed by atoms with Crippen molar-refractivity contribution in [1.29, 1.82) is 0 Å². The van der Waals surface area contributed by atoms with E-state index in [0.717, 1.165) is 30.3 Å². The summed E-state index contributed by atoms with van der Waals surface area (Å²) in [5, 5.41) is -0.833. The zero-order valence-corrected chi connectivity index (χ0v) is 23.1. The average molecular weight is 592 g/mol. The van der Waals surface area contributed by atoms with Gasteiger partial charge in [-0.3, -0.25) is 0 Å². The second kappa shape index (κ2) is 10.3. The molecule has 2 aromatic carbocycles. The fraction of sp³-hybridized carbons (Fsp3) is 0.481. The molecule has 0 bridgehead atoms. The van der Waals surface area contributed by atoms with Crippen molar-refractivity contribution in [1.82, 2.24) is 4.31 Å². The van der Waals surface area contributed by atoms with Crippen molar-refractivity contribution in [2.24, 2.45) is 11.8 Å². The van der Waals surface area contributed by atoms with Crippen LogP contribution in [-0.4, -0.2) is 39.0 Å². The third-order valence-corrected chi connectivity index (χ3v) is 13.2. The SMILES string of the molecule is C=CCN1C2CCC(c3cc(F)ccc3F)(S(=O)(=O)c3ccc(C(F)(F)F)cc3)CC2C[C@@H](C(C)C)S1(=O)=O. The van der Waals surface area contributed by atoms with Crippen molar-refractivity contribution < 1.29 is 38.8 Å². The van der Waals surface area contributed by atoms with Crippen LogP contribution in [0.15, 0.2) is 60.0 Å². The molecule has 5 nitrogen and oxygen atoms in total. The number of benzene rings is 2. The maximum absolute atomic E-state index is 15.3. The first-order chi connectivity index (χ1) is 18.1. The lowest BCUT2D eigenvalue weighted by atomic mass is 9.71. The van der Waals surface area contributed by atoms with Gasteiger partial charge in [0.25, 0.3) is 0 Å². The molecule has 4 atom stereocenters. The standard InChI is InChI=1S/C27H30F5NO4S2/c1-4-13-33-24-11-12-26(22-15-20(28)7-10-23(22)29,16-18(24)14-25(17(2)3)39(33,36)37)38(34,35)21-8-5-19(6-9-21)27(30,31)32/h4-10,15,17-18,24-25H,1,11-14,16H2,2-3H3/t18?,24?,25-,26?/m0/s1. The Morgan fingerprint density at radius 1 is 1.13 bits per heavy atom. The highest BCUT2D eigenvalue weighted by atomic mass is 32.2. The molecule has 1 aliphatic heterocycles. The van der Waals surface area contributed by atoms with Crippen molar-refractivity contribution in [3.63, 3.8) is 0 Å². The lowest BCUT2D eigenvalue weighted by Gasteiger charge is -2.52. The summed E-state index contributed by atoms with van der Waals surface area (Å²) in [5.41, 5.74) is -1.46. The number of sulfone groups is 1. The maximum Gasteiger partial charge on any atom is 0.416 e. The normalized spacial score (nSPS) is 27.7. The smallest absolute Gasteiger partial charge is 0.223 e. The Kier molecular flexibility index (Phi) is 7.81. The van der Waals surface area contributed by atoms with Gasteiger partial charge >= 0.3 is 6.18 Å². The summed E-state index contributed by atoms with van der Waals surface area (Å²) in [7, 11) is -8.33. The topological polar surface area (TPSA) is 71.5 Å². The summed E-state index contributed by atoms with van der Waals surface area (Å²) in [6.07, 6.45) is -3.59. The number of hydrogen-bond donors (Lipinski definition) is 0. The summed E-state index contributed by atoms with van der Waals surface area (Å²) in [6, 6.07) is 4.85. The van der Waals surface area contributed by atoms with Crippen LogP contribution >= 0.6 is 0 Å². The Hall–Kier alpha value is -2.31. The van der Waals surface area contributed by atoms with Crippen LogP contribution < -0.4 is 0 Å². The minimum Gasteiger partial charge on any atom is -0.223 e. The van der Waals surface area contributed by atoms with E-state index < -0.39 is 75.7 Å². The van der Waals surface area contributed by atoms with Crippen LogP contribution in [0.4, 0.5) is 22.0 Å². The lowest BCUT2D eigenvalue weighted by Crippen LogP contribution is -2.59. The van der Waals surface area contributed by atoms with Crippen molar-refractivity contribution >= 4 is 19.9 Å². The number of halogens is 5. The first kappa shape index (κ1) is 29.7. The van der Waals surface area contributed by atoms with Gasteiger partial charge in [0.1, 0.15) is 16.4 Å². The summed E-state index contributed by atoms with van der Waals surface area (Å²) < 4.78 is 124. The van der Waals surface area contributed by atoms with Crippen LogP contribution in [0.25, 0.3) is 0 Å². The molecule has 0 amide bonds. The summed E-state index contributed by atoms with van der Waals surface area (Å²) >= 11 is 0. The Bertz CT molecular complexity index is 1460. The number of fused-ring (bicyclic) bond motifs is 1. The molecule has 1 aliphatic carbocycles. The number of sulfonamides is 1. The molecule has 1 saturated carbocycles. The molecular formula is C27H30F5NO4S2. The van der Waals surface area contributed by atoms with E-state index in [2.05, 4.69) is 6.58 Å². The van der Waals surface area contributed by atoms with Gasteiger partial charge in [0, 0.05) is 18.2 Å². The molecule has 39 heavy (non-hydrogen) atoms. The molecule has 2 aliphatic rings. The minimum atomic E-state index is -4.69. The largest absolute Gasteiger partial charge is 0.416 e. The van der Waals surface area contributed by atoms with E-state index in [1.54, 1.807) is 13.8 Å². The fourth-order valence-electron chi connectivity index (χ4n) is 6.19. The molecule has 4 rings (SSSR count). The minimum absolute atomic E-state index is 0.0136. The summed E-state index contributed by atoms with van der Waals surface area (Å²) in [6.45, 7) is 7.16. The van der Waals surface area contributed by atoms with E-state index in [4.69, 9.17) is 0 Å². The van der Waals surface area contributed by atoms with E-state index in [-0.39, 0.29) is 38.1 Å². The zero-order valence-electron chi connectivity index (χ0n) is 21.5. The zero-order chi connectivity index (χ0) is 29.0. The number of rotatable bonds is 6. The highest BCUT2D eigenvalue weighted by Gasteiger charge is 2.57. The fourth-order valence-corrected chi connectivity index (χ4v) is 10.9. The van der Waals surface area contributed by atoms with Gasteiger partial charge in [0.05, 0.1) is 15.7 Å². The van der Waals surface area contributed by atoms with Crippen LogP contribution in [0.1, 0.15) is 50.7 Å². The van der Waals surface area contributed by atoms with Crippen LogP contribution in [-0.2, 0) is 30.8 Å². The molecule has 0 N–H and O–H groups in total. The number of hydrogen-bond acceptors (Lipinski definition) is 4. The van der Waals surface area contributed by atoms with Gasteiger partial charge in [0.15, 0.2) is 9.84 Å². The molecule has 214 valence electrons. The van der Waals surface area contributed by atoms with Gasteiger partial charge in [-0.25, -0.2) is 25.6 Å². The molecule has 12 heteroatoms. The van der Waals surface area contributed by atoms with Crippen LogP contribution in [0, 0.1) is 23.5 Å². The van der Waals surface area contributed by atoms with Gasteiger partial charge in [-0.2, -0.15) is 17.5 Å². The van der Waals surface area contributed by atoms with Crippen molar-refractivity contribution in [3.8, 4) is 0 Å². The highest BCUT2D eigenvalue weighted by Crippen LogP contribution is 2.54. The van der Waals surface area contributed by atoms with Crippen molar-refractivity contribution in [2.45, 2.75) is 66.6 Å². The third kappa shape index (κ3) is 5.04. The van der Waals surface area contributed by atoms with Gasteiger partial charge in [-0.05, 0) is 80.0 Å². The Morgan fingerprint density at radius 3 is 2.33 bits per heavy atom. The van der Waals surface area contributed by atoms with Crippen molar-refractivity contribution in [3.05, 3.63) is 77.9 Å². The average Bonchev–Trinajstić information content (AvgIpc) is 2.86. The van der Waals surface area contributed by atoms with Gasteiger partial charge in [-0.1, -0.05) is 19.9 Å². The molecule has 1 heterocycles. The van der Waals surface area contributed by atoms with Crippen LogP contribution in [0.2, 0.25) is 0 Å². The predicted molar refractivity (Wildman–Crippen MR) is 137 cm³/mol. The molecule has 1 saturated heterocycles. The number of alkyl halides is 3. The molecule has 3 unspecified atom stereocenters. The van der Waals surface area contributed by atoms with E-state index >= 15 is 4.39 Å². The first-order valence-corrected chi connectivity index (χ1v) is 15.5. The van der Waals surface area contributed by atoms with E-state index in [1.807, 2.05) is 0 Å². The molecule has 2 fully saturated rings. The second-order valence-electron chi connectivity index (χ2n) is 10.6. The van der Waals surface area contributed by atoms with Crippen LogP contribution in [0.5, 0.6) is 0 Å². The molecule has 0 aromatic heterocycles. The predicted octanol–water partition coefficient (Wildman–Crippen LogP) is 6.07. The Labute approximate surface area is 225 Å². The molecule has 2 aromatic rings. The van der Waals surface area contributed by atoms with Crippen LogP contribution in [0.3, 0.4) is 0 Å². The molecule has 0 spiro atoms. The van der Waals surface area contributed by atoms with Gasteiger partial charge < -0.3 is 0 Å². The first-order valence-electron chi connectivity index (χ1n) is 12.5. The van der Waals surface area contributed by atoms with E-state index in [9.17, 15) is 34.4 Å². The van der Waals surface area contributed by atoms with E-state index in [0.29, 0.717) is 12.1 Å². The highest BCUT2D eigenvalue weighted by molar-refractivity contribution is 7.92. The Balaban J connectivity index is 1.89.